The van der Waals surface area contributed by atoms with Crippen molar-refractivity contribution < 1.29 is 4.79 Å². The fourth-order valence-electron chi connectivity index (χ4n) is 4.37. The number of hydrogen-bond acceptors (Lipinski definition) is 4. The molecule has 0 N–H and O–H groups in total. The van der Waals surface area contributed by atoms with Crippen LogP contribution in [0.4, 0.5) is 11.4 Å². The monoisotopic (exact) mass is 400 g/mol. The third kappa shape index (κ3) is 3.91. The van der Waals surface area contributed by atoms with E-state index < -0.39 is 0 Å². The van der Waals surface area contributed by atoms with E-state index in [0.717, 1.165) is 44.7 Å². The van der Waals surface area contributed by atoms with Gasteiger partial charge in [-0.05, 0) is 55.5 Å². The highest BCUT2D eigenvalue weighted by Gasteiger charge is 2.26. The number of rotatable bonds is 3. The summed E-state index contributed by atoms with van der Waals surface area (Å²) in [5.74, 6) is -0.193. The first-order valence-corrected chi connectivity index (χ1v) is 10.7. The van der Waals surface area contributed by atoms with E-state index in [4.69, 9.17) is 0 Å². The highest BCUT2D eigenvalue weighted by atomic mass is 16.2. The number of anilines is 2. The van der Waals surface area contributed by atoms with Crippen LogP contribution in [-0.2, 0) is 11.2 Å². The van der Waals surface area contributed by atoms with Crippen LogP contribution >= 0.6 is 0 Å². The van der Waals surface area contributed by atoms with E-state index in [0.29, 0.717) is 6.54 Å². The number of amides is 1. The zero-order chi connectivity index (χ0) is 21.1. The number of nitriles is 1. The topological polar surface area (TPSA) is 50.6 Å². The molecule has 154 valence electrons. The number of nitrogens with zero attached hydrogens (tertiary/aromatic N) is 4. The second-order valence-corrected chi connectivity index (χ2v) is 8.09. The summed E-state index contributed by atoms with van der Waals surface area (Å²) in [5, 5.41) is 9.70. The van der Waals surface area contributed by atoms with Gasteiger partial charge in [0.15, 0.2) is 0 Å². The van der Waals surface area contributed by atoms with Crippen LogP contribution in [-0.4, -0.2) is 43.5 Å². The van der Waals surface area contributed by atoms with Crippen LogP contribution in [0.5, 0.6) is 0 Å². The van der Waals surface area contributed by atoms with E-state index in [2.05, 4.69) is 54.0 Å². The predicted octanol–water partition coefficient (Wildman–Crippen LogP) is 3.81. The Morgan fingerprint density at radius 1 is 0.967 bits per heavy atom. The summed E-state index contributed by atoms with van der Waals surface area (Å²) in [5.41, 5.74) is 6.23. The Bertz CT molecular complexity index is 1010. The van der Waals surface area contributed by atoms with E-state index in [-0.39, 0.29) is 11.5 Å². The Kier molecular flexibility index (Phi) is 5.76. The number of carbonyl (C=O) groups is 1. The highest BCUT2D eigenvalue weighted by molar-refractivity contribution is 6.08. The first-order chi connectivity index (χ1) is 14.6. The summed E-state index contributed by atoms with van der Waals surface area (Å²) in [6.45, 7) is 8.31. The second kappa shape index (κ2) is 8.62. The summed E-state index contributed by atoms with van der Waals surface area (Å²) < 4.78 is 0. The van der Waals surface area contributed by atoms with Gasteiger partial charge in [-0.1, -0.05) is 30.3 Å². The summed E-state index contributed by atoms with van der Waals surface area (Å²) in [4.78, 5) is 19.4. The SMILES string of the molecule is Cc1cccc(N2CCN(/C=C(/C#N)C(=O)N3CCCc4ccccc43)CC2)c1C. The van der Waals surface area contributed by atoms with Crippen LogP contribution in [0.2, 0.25) is 0 Å². The summed E-state index contributed by atoms with van der Waals surface area (Å²) >= 11 is 0. The van der Waals surface area contributed by atoms with Gasteiger partial charge in [-0.3, -0.25) is 4.79 Å². The predicted molar refractivity (Wildman–Crippen MR) is 121 cm³/mol. The van der Waals surface area contributed by atoms with Gasteiger partial charge in [-0.25, -0.2) is 0 Å². The van der Waals surface area contributed by atoms with Crippen LogP contribution < -0.4 is 9.80 Å². The molecule has 0 atom stereocenters. The quantitative estimate of drug-likeness (QED) is 0.581. The van der Waals surface area contributed by atoms with Crippen LogP contribution in [0.25, 0.3) is 0 Å². The van der Waals surface area contributed by atoms with Gasteiger partial charge in [-0.2, -0.15) is 5.26 Å². The van der Waals surface area contributed by atoms with Gasteiger partial charge < -0.3 is 14.7 Å². The van der Waals surface area contributed by atoms with Crippen LogP contribution in [0, 0.1) is 25.2 Å². The zero-order valence-electron chi connectivity index (χ0n) is 17.8. The van der Waals surface area contributed by atoms with Gasteiger partial charge in [0.2, 0.25) is 0 Å². The molecule has 0 aromatic heterocycles. The van der Waals surface area contributed by atoms with Gasteiger partial charge in [0.05, 0.1) is 0 Å². The molecule has 0 bridgehead atoms. The second-order valence-electron chi connectivity index (χ2n) is 8.09. The fourth-order valence-corrected chi connectivity index (χ4v) is 4.37. The van der Waals surface area contributed by atoms with Gasteiger partial charge >= 0.3 is 0 Å². The lowest BCUT2D eigenvalue weighted by Crippen LogP contribution is -2.45. The molecular formula is C25H28N4O. The maximum atomic E-state index is 13.1. The third-order valence-corrected chi connectivity index (χ3v) is 6.25. The zero-order valence-corrected chi connectivity index (χ0v) is 17.8. The molecule has 30 heavy (non-hydrogen) atoms. The Balaban J connectivity index is 1.46. The lowest BCUT2D eigenvalue weighted by molar-refractivity contribution is -0.114. The molecule has 2 aliphatic rings. The Hall–Kier alpha value is -3.26. The maximum Gasteiger partial charge on any atom is 0.270 e. The first kappa shape index (κ1) is 20.0. The Morgan fingerprint density at radius 3 is 2.47 bits per heavy atom. The van der Waals surface area contributed by atoms with Gasteiger partial charge in [0.25, 0.3) is 5.91 Å². The van der Waals surface area contributed by atoms with Gasteiger partial charge in [-0.15, -0.1) is 0 Å². The summed E-state index contributed by atoms with van der Waals surface area (Å²) in [6.07, 6.45) is 3.67. The molecule has 0 radical (unpaired) electrons. The smallest absolute Gasteiger partial charge is 0.270 e. The number of hydrogen-bond donors (Lipinski definition) is 0. The van der Waals surface area contributed by atoms with Gasteiger partial charge in [0, 0.05) is 50.3 Å². The standard InChI is InChI=1S/C25H28N4O/c1-19-7-5-11-23(20(19)2)28-15-13-27(14-16-28)18-22(17-26)25(30)29-12-6-9-21-8-3-4-10-24(21)29/h3-5,7-8,10-11,18H,6,9,12-16H2,1-2H3/b22-18-. The maximum absolute atomic E-state index is 13.1. The number of benzene rings is 2. The Labute approximate surface area is 178 Å². The highest BCUT2D eigenvalue weighted by Crippen LogP contribution is 2.28. The third-order valence-electron chi connectivity index (χ3n) is 6.25. The van der Waals surface area contributed by atoms with Crippen LogP contribution in [0.3, 0.4) is 0 Å². The minimum absolute atomic E-state index is 0.193. The van der Waals surface area contributed by atoms with Crippen molar-refractivity contribution in [2.45, 2.75) is 26.7 Å². The normalized spacial score (nSPS) is 16.8. The lowest BCUT2D eigenvalue weighted by Gasteiger charge is -2.37. The van der Waals surface area contributed by atoms with Gasteiger partial charge in [0.1, 0.15) is 11.6 Å². The first-order valence-electron chi connectivity index (χ1n) is 10.7. The number of aryl methyl sites for hydroxylation is 2. The number of fused-ring (bicyclic) bond motifs is 1. The van der Waals surface area contributed by atoms with E-state index in [1.807, 2.05) is 18.2 Å². The molecular weight excluding hydrogens is 372 g/mol. The molecule has 2 aliphatic heterocycles. The number of para-hydroxylation sites is 1. The molecule has 1 saturated heterocycles. The van der Waals surface area contributed by atoms with Crippen molar-refractivity contribution >= 4 is 17.3 Å². The largest absolute Gasteiger partial charge is 0.373 e. The Morgan fingerprint density at radius 2 is 1.70 bits per heavy atom. The molecule has 0 spiro atoms. The van der Waals surface area contributed by atoms with Crippen LogP contribution in [0.1, 0.15) is 23.1 Å². The summed E-state index contributed by atoms with van der Waals surface area (Å²) in [6, 6.07) is 16.6. The average Bonchev–Trinajstić information content (AvgIpc) is 2.79. The molecule has 1 amide bonds. The van der Waals surface area contributed by atoms with Crippen molar-refractivity contribution in [3.63, 3.8) is 0 Å². The molecule has 2 aromatic rings. The molecule has 4 rings (SSSR count). The summed E-state index contributed by atoms with van der Waals surface area (Å²) in [7, 11) is 0. The fraction of sp³-hybridized carbons (Fsp3) is 0.360. The van der Waals surface area contributed by atoms with Crippen LogP contribution in [0.15, 0.2) is 54.2 Å². The average molecular weight is 401 g/mol. The van der Waals surface area contributed by atoms with Crippen molar-refractivity contribution in [2.75, 3.05) is 42.5 Å². The molecule has 0 unspecified atom stereocenters. The van der Waals surface area contributed by atoms with E-state index in [1.165, 1.54) is 22.4 Å². The molecule has 5 nitrogen and oxygen atoms in total. The molecule has 0 saturated carbocycles. The van der Waals surface area contributed by atoms with E-state index >= 15 is 0 Å². The minimum atomic E-state index is -0.193. The van der Waals surface area contributed by atoms with Crippen molar-refractivity contribution in [1.82, 2.24) is 4.90 Å². The van der Waals surface area contributed by atoms with Crippen molar-refractivity contribution in [2.24, 2.45) is 0 Å². The molecule has 0 aliphatic carbocycles. The van der Waals surface area contributed by atoms with E-state index in [9.17, 15) is 10.1 Å². The molecule has 1 fully saturated rings. The molecule has 2 heterocycles. The molecule has 5 heteroatoms. The van der Waals surface area contributed by atoms with Crippen molar-refractivity contribution in [1.29, 1.82) is 5.26 Å². The molecule has 2 aromatic carbocycles. The number of piperazine rings is 1. The minimum Gasteiger partial charge on any atom is -0.373 e. The van der Waals surface area contributed by atoms with E-state index in [1.54, 1.807) is 11.1 Å². The number of carbonyl (C=O) groups excluding carboxylic acids is 1. The lowest BCUT2D eigenvalue weighted by atomic mass is 10.0. The van der Waals surface area contributed by atoms with Crippen molar-refractivity contribution in [3.8, 4) is 6.07 Å². The van der Waals surface area contributed by atoms with Crippen molar-refractivity contribution in [3.05, 3.63) is 70.9 Å².